The number of carboxylic acid groups (broad SMARTS) is 1. The van der Waals surface area contributed by atoms with Crippen LogP contribution < -0.4 is 4.74 Å². The molecule has 0 bridgehead atoms. The van der Waals surface area contributed by atoms with Crippen LogP contribution in [0.2, 0.25) is 0 Å². The van der Waals surface area contributed by atoms with Crippen LogP contribution in [0.25, 0.3) is 10.8 Å². The van der Waals surface area contributed by atoms with Gasteiger partial charge in [-0.15, -0.1) is 0 Å². The Kier molecular flexibility index (Phi) is 10.8. The molecule has 12 heteroatoms. The number of aliphatic hydroxyl groups is 5. The fourth-order valence-corrected chi connectivity index (χ4v) is 10.2. The summed E-state index contributed by atoms with van der Waals surface area (Å²) in [6.07, 6.45) is 2.20. The highest BCUT2D eigenvalue weighted by Crippen LogP contribution is 2.58. The Morgan fingerprint density at radius 1 is 1.02 bits per heavy atom. The van der Waals surface area contributed by atoms with E-state index in [1.54, 1.807) is 13.0 Å². The second-order valence-electron chi connectivity index (χ2n) is 15.5. The van der Waals surface area contributed by atoms with Gasteiger partial charge >= 0.3 is 5.97 Å². The van der Waals surface area contributed by atoms with Crippen molar-refractivity contribution in [3.63, 3.8) is 0 Å². The van der Waals surface area contributed by atoms with Gasteiger partial charge in [-0.25, -0.2) is 4.79 Å². The topological polar surface area (TPSA) is 203 Å². The fraction of sp³-hybridized carbons (Fsp3) is 0.684. The van der Waals surface area contributed by atoms with E-state index in [-0.39, 0.29) is 57.9 Å². The highest BCUT2D eigenvalue weighted by molar-refractivity contribution is 6.08. The third kappa shape index (κ3) is 6.76. The lowest BCUT2D eigenvalue weighted by molar-refractivity contribution is -0.315. The van der Waals surface area contributed by atoms with E-state index < -0.39 is 54.3 Å². The van der Waals surface area contributed by atoms with Crippen LogP contribution in [0.15, 0.2) is 18.2 Å². The molecule has 2 saturated carbocycles. The number of carboxylic acids is 1. The van der Waals surface area contributed by atoms with Gasteiger partial charge in [0.1, 0.15) is 35.4 Å². The SMILES string of the molecule is CC(=O)c1c(C)cc2cc(C(=O)O)cc(O[C@H]3O[C@H](CO)[C@](O)(CC[C@@H]4CC5(CCCC5)C[C@@H]5COC[C@@H](CCCO)[C@H]45)[C@H](O)[C@H]3O)c2c1O. The number of rotatable bonds is 11. The predicted octanol–water partition coefficient (Wildman–Crippen LogP) is 3.71. The van der Waals surface area contributed by atoms with E-state index in [0.29, 0.717) is 43.5 Å². The Bertz CT molecular complexity index is 1560. The van der Waals surface area contributed by atoms with E-state index >= 15 is 0 Å². The average molecular weight is 701 g/mol. The number of hydrogen-bond donors (Lipinski definition) is 7. The van der Waals surface area contributed by atoms with Gasteiger partial charge in [-0.3, -0.25) is 4.79 Å². The van der Waals surface area contributed by atoms with E-state index in [1.165, 1.54) is 25.8 Å². The lowest BCUT2D eigenvalue weighted by Gasteiger charge is -2.54. The van der Waals surface area contributed by atoms with Crippen LogP contribution in [0.1, 0.15) is 97.4 Å². The van der Waals surface area contributed by atoms with Gasteiger partial charge in [-0.2, -0.15) is 0 Å². The summed E-state index contributed by atoms with van der Waals surface area (Å²) in [6.45, 7) is 3.61. The molecule has 276 valence electrons. The van der Waals surface area contributed by atoms with Crippen molar-refractivity contribution in [3.05, 3.63) is 34.9 Å². The lowest BCUT2D eigenvalue weighted by Crippen LogP contribution is -2.68. The van der Waals surface area contributed by atoms with Gasteiger partial charge < -0.3 is 50.0 Å². The van der Waals surface area contributed by atoms with Gasteiger partial charge in [0.25, 0.3) is 0 Å². The van der Waals surface area contributed by atoms with Gasteiger partial charge in [0, 0.05) is 19.8 Å². The minimum Gasteiger partial charge on any atom is -0.506 e. The first-order valence-corrected chi connectivity index (χ1v) is 18.1. The lowest BCUT2D eigenvalue weighted by atomic mass is 9.55. The minimum atomic E-state index is -2.04. The van der Waals surface area contributed by atoms with Gasteiger partial charge in [0.05, 0.1) is 23.1 Å². The van der Waals surface area contributed by atoms with Crippen molar-refractivity contribution < 1.29 is 59.5 Å². The van der Waals surface area contributed by atoms with Gasteiger partial charge in [-0.05, 0) is 117 Å². The average Bonchev–Trinajstić information content (AvgIpc) is 3.52. The zero-order valence-electron chi connectivity index (χ0n) is 28.9. The minimum absolute atomic E-state index is 0.0115. The number of aromatic hydroxyl groups is 1. The van der Waals surface area contributed by atoms with E-state index in [4.69, 9.17) is 14.2 Å². The Morgan fingerprint density at radius 3 is 2.42 bits per heavy atom. The van der Waals surface area contributed by atoms with Crippen LogP contribution in [-0.2, 0) is 9.47 Å². The molecule has 50 heavy (non-hydrogen) atoms. The van der Waals surface area contributed by atoms with Gasteiger partial charge in [0.15, 0.2) is 5.78 Å². The second-order valence-corrected chi connectivity index (χ2v) is 15.5. The first-order valence-electron chi connectivity index (χ1n) is 18.1. The Morgan fingerprint density at radius 2 is 1.76 bits per heavy atom. The van der Waals surface area contributed by atoms with Gasteiger partial charge in [0.2, 0.25) is 6.29 Å². The zero-order valence-corrected chi connectivity index (χ0v) is 28.9. The number of benzene rings is 2. The van der Waals surface area contributed by atoms with Crippen LogP contribution in [0, 0.1) is 36.0 Å². The van der Waals surface area contributed by atoms with E-state index in [9.17, 15) is 45.3 Å². The summed E-state index contributed by atoms with van der Waals surface area (Å²) in [5, 5.41) is 76.2. The summed E-state index contributed by atoms with van der Waals surface area (Å²) < 4.78 is 18.0. The smallest absolute Gasteiger partial charge is 0.335 e. The molecule has 4 fully saturated rings. The van der Waals surface area contributed by atoms with Crippen molar-refractivity contribution in [3.8, 4) is 11.5 Å². The number of carbonyl (C=O) groups is 2. The van der Waals surface area contributed by atoms with Crippen molar-refractivity contribution in [2.24, 2.45) is 29.1 Å². The van der Waals surface area contributed by atoms with Crippen molar-refractivity contribution >= 4 is 22.5 Å². The molecule has 2 aromatic rings. The number of aromatic carboxylic acids is 1. The van der Waals surface area contributed by atoms with Crippen LogP contribution in [0.5, 0.6) is 11.5 Å². The van der Waals surface area contributed by atoms with Gasteiger partial charge in [-0.1, -0.05) is 18.9 Å². The molecule has 0 aromatic heterocycles. The van der Waals surface area contributed by atoms with Crippen molar-refractivity contribution in [1.82, 2.24) is 0 Å². The number of hydrogen-bond acceptors (Lipinski definition) is 11. The molecule has 1 spiro atoms. The monoisotopic (exact) mass is 700 g/mol. The molecule has 12 nitrogen and oxygen atoms in total. The highest BCUT2D eigenvalue weighted by atomic mass is 16.7. The number of fused-ring (bicyclic) bond motifs is 2. The van der Waals surface area contributed by atoms with Crippen LogP contribution in [0.4, 0.5) is 0 Å². The van der Waals surface area contributed by atoms with E-state index in [2.05, 4.69) is 0 Å². The number of ketones is 1. The number of phenolic OH excluding ortho intramolecular Hbond substituents is 1. The largest absolute Gasteiger partial charge is 0.506 e. The summed E-state index contributed by atoms with van der Waals surface area (Å²) in [5.41, 5.74) is -1.58. The molecule has 7 N–H and O–H groups in total. The molecule has 2 heterocycles. The van der Waals surface area contributed by atoms with E-state index in [0.717, 1.165) is 38.2 Å². The Hall–Kier alpha value is -2.84. The molecule has 6 rings (SSSR count). The summed E-state index contributed by atoms with van der Waals surface area (Å²) in [6, 6.07) is 3.99. The summed E-state index contributed by atoms with van der Waals surface area (Å²) >= 11 is 0. The number of carbonyl (C=O) groups excluding carboxylic acids is 1. The fourth-order valence-electron chi connectivity index (χ4n) is 10.2. The summed E-state index contributed by atoms with van der Waals surface area (Å²) in [5.74, 6) is -1.20. The molecule has 0 amide bonds. The maximum absolute atomic E-state index is 12.4. The summed E-state index contributed by atoms with van der Waals surface area (Å²) in [4.78, 5) is 24.4. The zero-order chi connectivity index (χ0) is 36.0. The molecule has 9 atom stereocenters. The third-order valence-corrected chi connectivity index (χ3v) is 12.4. The first kappa shape index (κ1) is 36.9. The van der Waals surface area contributed by atoms with Crippen molar-refractivity contribution in [2.45, 2.75) is 108 Å². The van der Waals surface area contributed by atoms with Crippen LogP contribution in [-0.4, -0.2) is 104 Å². The standard InChI is InChI=1S/C38H52O12/c1-20-12-24-13-25(35(45)46)14-27(31(24)32(42)29(20)21(2)41)49-36-33(43)34(44)38(47,28(17-40)50-36)10-7-22-15-37(8-3-4-9-37)16-26-19-48-18-23(30(22)26)6-5-11-39/h12-14,22-23,26,28,30,33-34,36,39-40,42-44,47H,3-11,15-19H2,1-2H3,(H,45,46)/t22-,23-,26-,28-,30+,33-,34-,36+,38-/m1/s1. The molecule has 4 aliphatic rings. The van der Waals surface area contributed by atoms with Crippen molar-refractivity contribution in [2.75, 3.05) is 26.4 Å². The predicted molar refractivity (Wildman–Crippen MR) is 181 cm³/mol. The molecule has 0 radical (unpaired) electrons. The van der Waals surface area contributed by atoms with Crippen molar-refractivity contribution in [1.29, 1.82) is 0 Å². The molecular weight excluding hydrogens is 648 g/mol. The quantitative estimate of drug-likeness (QED) is 0.168. The molecule has 2 aliphatic carbocycles. The van der Waals surface area contributed by atoms with E-state index in [1.807, 2.05) is 0 Å². The molecule has 2 aromatic carbocycles. The Balaban J connectivity index is 1.27. The van der Waals surface area contributed by atoms with Crippen LogP contribution >= 0.6 is 0 Å². The second kappa shape index (κ2) is 14.7. The van der Waals surface area contributed by atoms with Crippen LogP contribution in [0.3, 0.4) is 0 Å². The highest BCUT2D eigenvalue weighted by Gasteiger charge is 2.57. The maximum atomic E-state index is 12.4. The first-order chi connectivity index (χ1) is 23.8. The molecular formula is C38H52O12. The molecule has 0 unspecified atom stereocenters. The normalized spacial score (nSPS) is 33.7. The Labute approximate surface area is 292 Å². The number of aliphatic hydroxyl groups excluding tert-OH is 4. The third-order valence-electron chi connectivity index (χ3n) is 12.4. The maximum Gasteiger partial charge on any atom is 0.335 e. The summed E-state index contributed by atoms with van der Waals surface area (Å²) in [7, 11) is 0. The number of phenols is 1. The number of Topliss-reactive ketones (excluding diaryl/α,β-unsaturated/α-hetero) is 1. The number of aryl methyl sites for hydroxylation is 1. The molecule has 2 aliphatic heterocycles. The molecule has 2 saturated heterocycles. The number of ether oxygens (including phenoxy) is 3.